The van der Waals surface area contributed by atoms with Crippen molar-refractivity contribution in [1.82, 2.24) is 15.2 Å². The number of hydrogen-bond donors (Lipinski definition) is 1. The topological polar surface area (TPSA) is 40.5 Å². The minimum atomic E-state index is 0.194. The van der Waals surface area contributed by atoms with Crippen LogP contribution in [0.15, 0.2) is 41.5 Å². The number of benzene rings is 1. The molecule has 0 aliphatic carbocycles. The van der Waals surface area contributed by atoms with Crippen molar-refractivity contribution in [2.24, 2.45) is 4.99 Å². The largest absolute Gasteiger partial charge is 0.351 e. The minimum absolute atomic E-state index is 0.194. The highest BCUT2D eigenvalue weighted by atomic mass is 32.1. The lowest BCUT2D eigenvalue weighted by atomic mass is 9.82. The summed E-state index contributed by atoms with van der Waals surface area (Å²) in [6.07, 6.45) is 3.09. The summed E-state index contributed by atoms with van der Waals surface area (Å²) in [5.41, 5.74) is 1.61. The lowest BCUT2D eigenvalue weighted by Crippen LogP contribution is -2.41. The lowest BCUT2D eigenvalue weighted by Gasteiger charge is -2.27. The zero-order valence-corrected chi connectivity index (χ0v) is 14.9. The van der Waals surface area contributed by atoms with Crippen molar-refractivity contribution in [1.29, 1.82) is 0 Å². The number of aryl methyl sites for hydroxylation is 1. The Labute approximate surface area is 142 Å². The van der Waals surface area contributed by atoms with Crippen molar-refractivity contribution in [3.8, 4) is 0 Å². The van der Waals surface area contributed by atoms with Crippen LogP contribution in [-0.4, -0.2) is 36.0 Å². The van der Waals surface area contributed by atoms with Crippen LogP contribution < -0.4 is 5.32 Å². The maximum absolute atomic E-state index is 4.47. The number of thiazole rings is 1. The number of hydrogen-bond acceptors (Lipinski definition) is 3. The third kappa shape index (κ3) is 3.55. The third-order valence-electron chi connectivity index (χ3n) is 4.55. The predicted molar refractivity (Wildman–Crippen MR) is 97.0 cm³/mol. The van der Waals surface area contributed by atoms with E-state index in [1.807, 2.05) is 20.2 Å². The van der Waals surface area contributed by atoms with Gasteiger partial charge in [-0.3, -0.25) is 4.99 Å². The van der Waals surface area contributed by atoms with Gasteiger partial charge in [0.05, 0.1) is 11.6 Å². The highest BCUT2D eigenvalue weighted by Crippen LogP contribution is 2.33. The highest BCUT2D eigenvalue weighted by molar-refractivity contribution is 7.11. The Hall–Kier alpha value is -1.88. The molecule has 122 valence electrons. The Morgan fingerprint density at radius 1 is 1.39 bits per heavy atom. The molecule has 1 fully saturated rings. The molecular weight excluding hydrogens is 304 g/mol. The Morgan fingerprint density at radius 2 is 2.17 bits per heavy atom. The molecule has 0 radical (unpaired) electrons. The number of guanidine groups is 1. The van der Waals surface area contributed by atoms with Gasteiger partial charge in [-0.2, -0.15) is 0 Å². The summed E-state index contributed by atoms with van der Waals surface area (Å²) in [4.78, 5) is 12.4. The molecular formula is C18H24N4S. The number of likely N-dealkylation sites (tertiary alicyclic amines) is 1. The molecule has 1 saturated heterocycles. The summed E-state index contributed by atoms with van der Waals surface area (Å²) in [7, 11) is 1.86. The molecule has 23 heavy (non-hydrogen) atoms. The third-order valence-corrected chi connectivity index (χ3v) is 5.46. The predicted octanol–water partition coefficient (Wildman–Crippen LogP) is 3.19. The van der Waals surface area contributed by atoms with E-state index in [2.05, 4.69) is 57.4 Å². The fraction of sp³-hybridized carbons (Fsp3) is 0.444. The number of nitrogens with one attached hydrogen (secondary N) is 1. The standard InChI is InChI=1S/C18H24N4S/c1-14-20-11-16(23-14)12-21-17(19-3)22-10-9-18(2,13-22)15-7-5-4-6-8-15/h4-8,11H,9-10,12-13H2,1-3H3,(H,19,21). The van der Waals surface area contributed by atoms with Gasteiger partial charge in [-0.25, -0.2) is 4.98 Å². The second-order valence-electron chi connectivity index (χ2n) is 6.34. The van der Waals surface area contributed by atoms with Gasteiger partial charge in [0.1, 0.15) is 0 Å². The van der Waals surface area contributed by atoms with E-state index < -0.39 is 0 Å². The van der Waals surface area contributed by atoms with Gasteiger partial charge in [-0.1, -0.05) is 37.3 Å². The van der Waals surface area contributed by atoms with Crippen LogP contribution in [-0.2, 0) is 12.0 Å². The summed E-state index contributed by atoms with van der Waals surface area (Å²) >= 11 is 1.73. The average molecular weight is 328 g/mol. The van der Waals surface area contributed by atoms with Crippen LogP contribution in [0.4, 0.5) is 0 Å². The van der Waals surface area contributed by atoms with Crippen molar-refractivity contribution >= 4 is 17.3 Å². The molecule has 0 bridgehead atoms. The van der Waals surface area contributed by atoms with Crippen LogP contribution in [0.1, 0.15) is 28.8 Å². The second kappa shape index (κ2) is 6.71. The molecule has 3 rings (SSSR count). The van der Waals surface area contributed by atoms with E-state index in [0.717, 1.165) is 37.0 Å². The van der Waals surface area contributed by atoms with E-state index in [1.165, 1.54) is 10.4 Å². The van der Waals surface area contributed by atoms with Crippen LogP contribution in [0, 0.1) is 6.92 Å². The first-order chi connectivity index (χ1) is 11.1. The molecule has 2 heterocycles. The summed E-state index contributed by atoms with van der Waals surface area (Å²) < 4.78 is 0. The van der Waals surface area contributed by atoms with Crippen LogP contribution in [0.2, 0.25) is 0 Å². The minimum Gasteiger partial charge on any atom is -0.351 e. The first-order valence-electron chi connectivity index (χ1n) is 8.03. The number of aromatic nitrogens is 1. The van der Waals surface area contributed by atoms with Gasteiger partial charge in [0, 0.05) is 36.6 Å². The van der Waals surface area contributed by atoms with E-state index >= 15 is 0 Å². The zero-order chi connectivity index (χ0) is 16.3. The SMILES string of the molecule is CN=C(NCc1cnc(C)s1)N1CCC(C)(c2ccccc2)C1. The summed E-state index contributed by atoms with van der Waals surface area (Å²) in [6, 6.07) is 10.8. The Bertz CT molecular complexity index is 679. The van der Waals surface area contributed by atoms with Crippen molar-refractivity contribution in [2.45, 2.75) is 32.2 Å². The second-order valence-corrected chi connectivity index (χ2v) is 7.66. The molecule has 4 nitrogen and oxygen atoms in total. The molecule has 0 amide bonds. The number of aliphatic imine (C=N–C) groups is 1. The molecule has 0 saturated carbocycles. The number of rotatable bonds is 3. The fourth-order valence-electron chi connectivity index (χ4n) is 3.20. The molecule has 2 aromatic rings. The van der Waals surface area contributed by atoms with Crippen LogP contribution in [0.25, 0.3) is 0 Å². The smallest absolute Gasteiger partial charge is 0.193 e. The van der Waals surface area contributed by atoms with Gasteiger partial charge in [-0.15, -0.1) is 11.3 Å². The quantitative estimate of drug-likeness (QED) is 0.695. The summed E-state index contributed by atoms with van der Waals surface area (Å²) in [5.74, 6) is 0.982. The average Bonchev–Trinajstić information content (AvgIpc) is 3.16. The van der Waals surface area contributed by atoms with Crippen LogP contribution in [0.5, 0.6) is 0 Å². The van der Waals surface area contributed by atoms with Gasteiger partial charge in [0.15, 0.2) is 5.96 Å². The van der Waals surface area contributed by atoms with Gasteiger partial charge >= 0.3 is 0 Å². The van der Waals surface area contributed by atoms with E-state index in [4.69, 9.17) is 0 Å². The molecule has 1 aromatic heterocycles. The molecule has 0 spiro atoms. The maximum Gasteiger partial charge on any atom is 0.193 e. The maximum atomic E-state index is 4.47. The lowest BCUT2D eigenvalue weighted by molar-refractivity contribution is 0.438. The fourth-order valence-corrected chi connectivity index (χ4v) is 3.94. The summed E-state index contributed by atoms with van der Waals surface area (Å²) in [5, 5.41) is 4.58. The monoisotopic (exact) mass is 328 g/mol. The van der Waals surface area contributed by atoms with Gasteiger partial charge in [0.25, 0.3) is 0 Å². The normalized spacial score (nSPS) is 21.7. The molecule has 1 N–H and O–H groups in total. The van der Waals surface area contributed by atoms with Crippen molar-refractivity contribution in [2.75, 3.05) is 20.1 Å². The molecule has 1 unspecified atom stereocenters. The van der Waals surface area contributed by atoms with Crippen molar-refractivity contribution in [3.63, 3.8) is 0 Å². The first-order valence-corrected chi connectivity index (χ1v) is 8.85. The Kier molecular flexibility index (Phi) is 4.66. The summed E-state index contributed by atoms with van der Waals surface area (Å²) in [6.45, 7) is 7.21. The first kappa shape index (κ1) is 16.0. The molecule has 5 heteroatoms. The van der Waals surface area contributed by atoms with E-state index in [0.29, 0.717) is 0 Å². The molecule has 1 atom stereocenters. The highest BCUT2D eigenvalue weighted by Gasteiger charge is 2.36. The van der Waals surface area contributed by atoms with E-state index in [1.54, 1.807) is 11.3 Å². The Balaban J connectivity index is 1.64. The van der Waals surface area contributed by atoms with Gasteiger partial charge in [0.2, 0.25) is 0 Å². The molecule has 1 aromatic carbocycles. The van der Waals surface area contributed by atoms with Gasteiger partial charge in [-0.05, 0) is 18.9 Å². The van der Waals surface area contributed by atoms with Crippen molar-refractivity contribution in [3.05, 3.63) is 52.0 Å². The van der Waals surface area contributed by atoms with Crippen LogP contribution >= 0.6 is 11.3 Å². The van der Waals surface area contributed by atoms with E-state index in [9.17, 15) is 0 Å². The molecule has 1 aliphatic rings. The number of nitrogens with zero attached hydrogens (tertiary/aromatic N) is 3. The molecule has 1 aliphatic heterocycles. The Morgan fingerprint density at radius 3 is 2.83 bits per heavy atom. The van der Waals surface area contributed by atoms with Crippen molar-refractivity contribution < 1.29 is 0 Å². The zero-order valence-electron chi connectivity index (χ0n) is 14.0. The van der Waals surface area contributed by atoms with E-state index in [-0.39, 0.29) is 5.41 Å². The van der Waals surface area contributed by atoms with Gasteiger partial charge < -0.3 is 10.2 Å². The van der Waals surface area contributed by atoms with Crippen LogP contribution in [0.3, 0.4) is 0 Å².